The van der Waals surface area contributed by atoms with Gasteiger partial charge < -0.3 is 14.9 Å². The topological polar surface area (TPSA) is 83.8 Å². The molecule has 9 heteroatoms. The molecule has 0 radical (unpaired) electrons. The van der Waals surface area contributed by atoms with Gasteiger partial charge in [0.25, 0.3) is 11.5 Å². The molecule has 0 atom stereocenters. The smallest absolute Gasteiger partial charge is 0.377 e. The van der Waals surface area contributed by atoms with E-state index >= 15 is 0 Å². The van der Waals surface area contributed by atoms with Crippen LogP contribution in [-0.2, 0) is 14.3 Å². The van der Waals surface area contributed by atoms with Crippen molar-refractivity contribution in [1.29, 1.82) is 0 Å². The van der Waals surface area contributed by atoms with Crippen LogP contribution in [0.4, 0.5) is 17.6 Å². The lowest BCUT2D eigenvalue weighted by Gasteiger charge is -2.03. The largest absolute Gasteiger partial charge is 0.475 e. The fourth-order valence-electron chi connectivity index (χ4n) is 0.428. The third-order valence-corrected chi connectivity index (χ3v) is 0.936. The summed E-state index contributed by atoms with van der Waals surface area (Å²) in [5.74, 6) is -9.06. The minimum absolute atomic E-state index is 2.17. The van der Waals surface area contributed by atoms with Gasteiger partial charge in [0.05, 0.1) is 0 Å². The van der Waals surface area contributed by atoms with E-state index in [1.807, 2.05) is 0 Å². The lowest BCUT2D eigenvalue weighted by Crippen LogP contribution is -2.12. The molecule has 0 bridgehead atoms. The second-order valence-electron chi connectivity index (χ2n) is 1.89. The van der Waals surface area contributed by atoms with Crippen molar-refractivity contribution in [3.8, 4) is 0 Å². The Morgan fingerprint density at radius 2 is 1.07 bits per heavy atom. The van der Waals surface area contributed by atoms with E-state index in [2.05, 4.69) is 4.74 Å². The molecule has 5 nitrogen and oxygen atoms in total. The van der Waals surface area contributed by atoms with Crippen LogP contribution >= 0.6 is 0 Å². The van der Waals surface area contributed by atoms with Gasteiger partial charge in [-0.2, -0.15) is 17.6 Å². The second-order valence-corrected chi connectivity index (χ2v) is 1.89. The fraction of sp³-hybridized carbons (Fsp3) is 0. The van der Waals surface area contributed by atoms with Crippen LogP contribution in [-0.4, -0.2) is 22.2 Å². The van der Waals surface area contributed by atoms with Crippen molar-refractivity contribution in [1.82, 2.24) is 0 Å². The Morgan fingerprint density at radius 1 is 0.800 bits per heavy atom. The number of carboxylic acid groups (broad SMARTS) is 2. The molecule has 0 aliphatic heterocycles. The van der Waals surface area contributed by atoms with Crippen LogP contribution in [0.5, 0.6) is 0 Å². The number of rotatable bonds is 4. The zero-order valence-electron chi connectivity index (χ0n) is 6.63. The minimum atomic E-state index is -2.93. The molecule has 0 unspecified atom stereocenters. The quantitative estimate of drug-likeness (QED) is 0.433. The number of aliphatic carboxylic acids is 2. The van der Waals surface area contributed by atoms with Gasteiger partial charge in [-0.15, -0.1) is 0 Å². The highest BCUT2D eigenvalue weighted by Crippen LogP contribution is 2.18. The summed E-state index contributed by atoms with van der Waals surface area (Å²) in [6, 6.07) is 0. The fourth-order valence-corrected chi connectivity index (χ4v) is 0.428. The Labute approximate surface area is 78.9 Å². The molecule has 0 aromatic carbocycles. The molecule has 0 saturated carbocycles. The molecular weight excluding hydrogens is 228 g/mol. The van der Waals surface area contributed by atoms with Crippen molar-refractivity contribution >= 4 is 11.9 Å². The van der Waals surface area contributed by atoms with E-state index in [1.54, 1.807) is 0 Å². The van der Waals surface area contributed by atoms with E-state index in [0.717, 1.165) is 0 Å². The van der Waals surface area contributed by atoms with Crippen LogP contribution in [0.2, 0.25) is 0 Å². The zero-order chi connectivity index (χ0) is 12.2. The number of hydrogen-bond acceptors (Lipinski definition) is 3. The standard InChI is InChI=1S/C6H2F4O5/c7-3(8)1(5(11)12)15-2(4(9)10)6(13)14/h(H,11,12)(H,13,14). The number of halogens is 4. The normalized spacial score (nSPS) is 9.07. The predicted octanol–water partition coefficient (Wildman–Crippen LogP) is 1.39. The van der Waals surface area contributed by atoms with Gasteiger partial charge in [0.1, 0.15) is 0 Å². The molecule has 2 N–H and O–H groups in total. The first-order valence-electron chi connectivity index (χ1n) is 3.02. The minimum Gasteiger partial charge on any atom is -0.475 e. The molecule has 84 valence electrons. The third kappa shape index (κ3) is 3.67. The van der Waals surface area contributed by atoms with Crippen LogP contribution in [0, 0.1) is 0 Å². The molecule has 0 rings (SSSR count). The molecule has 0 saturated heterocycles. The summed E-state index contributed by atoms with van der Waals surface area (Å²) in [7, 11) is 0. The molecule has 0 spiro atoms. The summed E-state index contributed by atoms with van der Waals surface area (Å²) in [6.07, 6.45) is -5.86. The van der Waals surface area contributed by atoms with Gasteiger partial charge in [0, 0.05) is 0 Å². The van der Waals surface area contributed by atoms with E-state index < -0.39 is 35.6 Å². The molecule has 0 aromatic heterocycles. The first-order valence-corrected chi connectivity index (χ1v) is 3.02. The Kier molecular flexibility index (Phi) is 4.30. The van der Waals surface area contributed by atoms with Crippen molar-refractivity contribution in [2.75, 3.05) is 0 Å². The van der Waals surface area contributed by atoms with Gasteiger partial charge in [-0.25, -0.2) is 9.59 Å². The van der Waals surface area contributed by atoms with Crippen LogP contribution in [0.25, 0.3) is 0 Å². The molecule has 0 amide bonds. The first-order chi connectivity index (χ1) is 6.77. The Morgan fingerprint density at radius 3 is 1.20 bits per heavy atom. The van der Waals surface area contributed by atoms with Crippen LogP contribution in [0.1, 0.15) is 0 Å². The van der Waals surface area contributed by atoms with E-state index in [0.29, 0.717) is 0 Å². The number of hydrogen-bond donors (Lipinski definition) is 2. The highest BCUT2D eigenvalue weighted by molar-refractivity contribution is 5.89. The number of carboxylic acids is 2. The van der Waals surface area contributed by atoms with Crippen LogP contribution < -0.4 is 0 Å². The molecule has 0 heterocycles. The third-order valence-electron chi connectivity index (χ3n) is 0.936. The highest BCUT2D eigenvalue weighted by Gasteiger charge is 2.26. The van der Waals surface area contributed by atoms with Gasteiger partial charge in [0.15, 0.2) is 0 Å². The van der Waals surface area contributed by atoms with E-state index in [9.17, 15) is 27.2 Å². The highest BCUT2D eigenvalue weighted by atomic mass is 19.3. The lowest BCUT2D eigenvalue weighted by molar-refractivity contribution is -0.139. The molecule has 0 aliphatic carbocycles. The van der Waals surface area contributed by atoms with Crippen LogP contribution in [0.15, 0.2) is 23.7 Å². The molecule has 0 aromatic rings. The number of carbonyl (C=O) groups is 2. The molecular formula is C6H2F4O5. The predicted molar refractivity (Wildman–Crippen MR) is 34.8 cm³/mol. The van der Waals surface area contributed by atoms with Crippen LogP contribution in [0.3, 0.4) is 0 Å². The Hall–Kier alpha value is -2.06. The molecule has 15 heavy (non-hydrogen) atoms. The summed E-state index contributed by atoms with van der Waals surface area (Å²) in [4.78, 5) is 20.0. The van der Waals surface area contributed by atoms with Gasteiger partial charge >= 0.3 is 24.1 Å². The summed E-state index contributed by atoms with van der Waals surface area (Å²) < 4.78 is 50.4. The van der Waals surface area contributed by atoms with Crippen molar-refractivity contribution in [3.63, 3.8) is 0 Å². The van der Waals surface area contributed by atoms with Crippen molar-refractivity contribution in [2.24, 2.45) is 0 Å². The van der Waals surface area contributed by atoms with Gasteiger partial charge in [-0.1, -0.05) is 0 Å². The summed E-state index contributed by atoms with van der Waals surface area (Å²) in [6.45, 7) is 0. The Bertz CT molecular complexity index is 317. The van der Waals surface area contributed by atoms with E-state index in [1.165, 1.54) is 0 Å². The van der Waals surface area contributed by atoms with Crippen molar-refractivity contribution in [3.05, 3.63) is 23.7 Å². The van der Waals surface area contributed by atoms with Gasteiger partial charge in [-0.3, -0.25) is 0 Å². The average molecular weight is 230 g/mol. The average Bonchev–Trinajstić information content (AvgIpc) is 2.01. The maximum absolute atomic E-state index is 11.8. The lowest BCUT2D eigenvalue weighted by atomic mass is 10.5. The summed E-state index contributed by atoms with van der Waals surface area (Å²) in [5, 5.41) is 16.1. The van der Waals surface area contributed by atoms with E-state index in [-0.39, 0.29) is 0 Å². The monoisotopic (exact) mass is 230 g/mol. The second kappa shape index (κ2) is 4.98. The first kappa shape index (κ1) is 12.9. The summed E-state index contributed by atoms with van der Waals surface area (Å²) in [5.41, 5.74) is 0. The maximum atomic E-state index is 11.8. The van der Waals surface area contributed by atoms with E-state index in [4.69, 9.17) is 10.2 Å². The zero-order valence-corrected chi connectivity index (χ0v) is 6.63. The van der Waals surface area contributed by atoms with Gasteiger partial charge in [-0.05, 0) is 0 Å². The Balaban J connectivity index is 5.16. The molecule has 0 fully saturated rings. The van der Waals surface area contributed by atoms with Crippen molar-refractivity contribution in [2.45, 2.75) is 0 Å². The summed E-state index contributed by atoms with van der Waals surface area (Å²) >= 11 is 0. The molecule has 0 aliphatic rings. The van der Waals surface area contributed by atoms with Crippen molar-refractivity contribution < 1.29 is 42.1 Å². The maximum Gasteiger partial charge on any atom is 0.377 e. The SMILES string of the molecule is O=C(O)C(OC(C(=O)O)=C(F)F)=C(F)F. The van der Waals surface area contributed by atoms with Gasteiger partial charge in [0.2, 0.25) is 0 Å². The number of ether oxygens (including phenoxy) is 1.